The third-order valence-electron chi connectivity index (χ3n) is 8.12. The quantitative estimate of drug-likeness (QED) is 0.502. The normalized spacial score (nSPS) is 22.4. The lowest BCUT2D eigenvalue weighted by Crippen LogP contribution is -2.42. The maximum atomic E-state index is 12.6. The highest BCUT2D eigenvalue weighted by molar-refractivity contribution is 5.95. The van der Waals surface area contributed by atoms with Gasteiger partial charge in [0.05, 0.1) is 30.9 Å². The Kier molecular flexibility index (Phi) is 6.94. The summed E-state index contributed by atoms with van der Waals surface area (Å²) in [4.78, 5) is 31.7. The number of Topliss-reactive ketones (excluding diaryl/α,β-unsaturated/α-hetero) is 1. The van der Waals surface area contributed by atoms with E-state index in [4.69, 9.17) is 14.5 Å². The Morgan fingerprint density at radius 1 is 1.08 bits per heavy atom. The molecule has 1 saturated carbocycles. The van der Waals surface area contributed by atoms with E-state index in [1.54, 1.807) is 18.9 Å². The zero-order chi connectivity index (χ0) is 26.3. The number of carbonyl (C=O) groups excluding carboxylic acids is 2. The summed E-state index contributed by atoms with van der Waals surface area (Å²) >= 11 is 0. The summed E-state index contributed by atoms with van der Waals surface area (Å²) in [6.07, 6.45) is 3.72. The van der Waals surface area contributed by atoms with Crippen LogP contribution in [0.5, 0.6) is 5.75 Å². The molecule has 0 bridgehead atoms. The van der Waals surface area contributed by atoms with Crippen LogP contribution in [0.3, 0.4) is 0 Å². The Hall–Kier alpha value is -3.39. The molecular weight excluding hydrogens is 470 g/mol. The van der Waals surface area contributed by atoms with Crippen LogP contribution >= 0.6 is 0 Å². The van der Waals surface area contributed by atoms with Crippen LogP contribution in [0, 0.1) is 5.92 Å². The molecule has 1 fully saturated rings. The molecule has 1 amide bonds. The van der Waals surface area contributed by atoms with Crippen LogP contribution in [-0.4, -0.2) is 46.8 Å². The largest absolute Gasteiger partial charge is 0.497 e. The van der Waals surface area contributed by atoms with E-state index in [-0.39, 0.29) is 29.9 Å². The Bertz CT molecular complexity index is 1320. The third kappa shape index (κ3) is 4.48. The van der Waals surface area contributed by atoms with E-state index in [2.05, 4.69) is 4.57 Å². The fourth-order valence-electron chi connectivity index (χ4n) is 6.07. The van der Waals surface area contributed by atoms with Gasteiger partial charge in [-0.15, -0.1) is 0 Å². The average Bonchev–Trinajstić information content (AvgIpc) is 3.32. The number of methoxy groups -OCH3 is 2. The number of rotatable bonds is 5. The van der Waals surface area contributed by atoms with E-state index >= 15 is 0 Å². The number of benzene rings is 2. The van der Waals surface area contributed by atoms with Gasteiger partial charge in [0, 0.05) is 23.6 Å². The number of aliphatic hydroxyl groups is 1. The Balaban J connectivity index is 1.67. The number of nitrogens with zero attached hydrogens (tertiary/aromatic N) is 3. The SMILES string of the molecule is COC(=O)N1c2ccc3c(nc([C@@H](O)c4ccc(OC)cc4)n3[C@@H]3CCC[C@@H](C(C)=O)C3)c2CC[C@@H]1C. The fraction of sp³-hybridized carbons (Fsp3) is 0.483. The number of hydrogen-bond acceptors (Lipinski definition) is 6. The predicted octanol–water partition coefficient (Wildman–Crippen LogP) is 5.35. The first-order valence-electron chi connectivity index (χ1n) is 13.1. The van der Waals surface area contributed by atoms with Crippen molar-refractivity contribution in [2.45, 2.75) is 70.6 Å². The smallest absolute Gasteiger partial charge is 0.414 e. The predicted molar refractivity (Wildman–Crippen MR) is 141 cm³/mol. The molecule has 0 radical (unpaired) electrons. The number of ether oxygens (including phenoxy) is 2. The molecule has 1 aliphatic heterocycles. The number of fused-ring (bicyclic) bond motifs is 3. The highest BCUT2D eigenvalue weighted by Gasteiger charge is 2.35. The molecule has 1 aliphatic carbocycles. The molecule has 0 spiro atoms. The van der Waals surface area contributed by atoms with E-state index in [0.29, 0.717) is 11.6 Å². The first-order valence-corrected chi connectivity index (χ1v) is 13.1. The first kappa shape index (κ1) is 25.3. The van der Waals surface area contributed by atoms with E-state index in [0.717, 1.165) is 66.4 Å². The van der Waals surface area contributed by atoms with Gasteiger partial charge in [0.25, 0.3) is 0 Å². The lowest BCUT2D eigenvalue weighted by molar-refractivity contribution is -0.122. The van der Waals surface area contributed by atoms with Crippen LogP contribution in [0.1, 0.15) is 75.0 Å². The van der Waals surface area contributed by atoms with Gasteiger partial charge in [-0.3, -0.25) is 9.69 Å². The number of anilines is 1. The molecule has 3 aromatic rings. The van der Waals surface area contributed by atoms with E-state index < -0.39 is 6.10 Å². The molecule has 0 saturated heterocycles. The molecule has 1 N–H and O–H groups in total. The Morgan fingerprint density at radius 3 is 2.51 bits per heavy atom. The number of aliphatic hydroxyl groups excluding tert-OH is 1. The van der Waals surface area contributed by atoms with Crippen molar-refractivity contribution in [3.8, 4) is 5.75 Å². The van der Waals surface area contributed by atoms with E-state index in [9.17, 15) is 14.7 Å². The Morgan fingerprint density at radius 2 is 1.84 bits per heavy atom. The topological polar surface area (TPSA) is 93.9 Å². The zero-order valence-corrected chi connectivity index (χ0v) is 21.9. The highest BCUT2D eigenvalue weighted by atomic mass is 16.5. The van der Waals surface area contributed by atoms with Crippen molar-refractivity contribution in [1.29, 1.82) is 0 Å². The molecule has 8 heteroatoms. The molecule has 2 aliphatic rings. The van der Waals surface area contributed by atoms with Gasteiger partial charge in [-0.25, -0.2) is 9.78 Å². The van der Waals surface area contributed by atoms with Crippen molar-refractivity contribution in [1.82, 2.24) is 9.55 Å². The summed E-state index contributed by atoms with van der Waals surface area (Å²) in [6, 6.07) is 11.4. The number of carbonyl (C=O) groups is 2. The van der Waals surface area contributed by atoms with Crippen molar-refractivity contribution in [3.63, 3.8) is 0 Å². The summed E-state index contributed by atoms with van der Waals surface area (Å²) in [5.41, 5.74) is 4.23. The minimum atomic E-state index is -0.953. The van der Waals surface area contributed by atoms with Gasteiger partial charge in [0.1, 0.15) is 23.5 Å². The van der Waals surface area contributed by atoms with Crippen LogP contribution < -0.4 is 9.64 Å². The Labute approximate surface area is 217 Å². The number of aryl methyl sites for hydroxylation is 1. The summed E-state index contributed by atoms with van der Waals surface area (Å²) < 4.78 is 12.5. The van der Waals surface area contributed by atoms with Crippen LogP contribution in [0.25, 0.3) is 11.0 Å². The summed E-state index contributed by atoms with van der Waals surface area (Å²) in [7, 11) is 3.01. The highest BCUT2D eigenvalue weighted by Crippen LogP contribution is 2.42. The fourth-order valence-corrected chi connectivity index (χ4v) is 6.07. The van der Waals surface area contributed by atoms with Gasteiger partial charge >= 0.3 is 6.09 Å². The first-order chi connectivity index (χ1) is 17.8. The van der Waals surface area contributed by atoms with Crippen LogP contribution in [0.4, 0.5) is 10.5 Å². The number of aromatic nitrogens is 2. The van der Waals surface area contributed by atoms with Crippen molar-refractivity contribution >= 4 is 28.6 Å². The molecule has 4 atom stereocenters. The monoisotopic (exact) mass is 505 g/mol. The van der Waals surface area contributed by atoms with Gasteiger partial charge in [0.2, 0.25) is 0 Å². The molecule has 2 heterocycles. The number of ketones is 1. The molecule has 0 unspecified atom stereocenters. The molecule has 8 nitrogen and oxygen atoms in total. The molecule has 5 rings (SSSR count). The number of imidazole rings is 1. The molecule has 2 aromatic carbocycles. The van der Waals surface area contributed by atoms with Crippen molar-refractivity contribution < 1.29 is 24.2 Å². The van der Waals surface area contributed by atoms with Crippen LogP contribution in [0.2, 0.25) is 0 Å². The maximum Gasteiger partial charge on any atom is 0.414 e. The van der Waals surface area contributed by atoms with E-state index in [1.807, 2.05) is 43.3 Å². The lowest BCUT2D eigenvalue weighted by atomic mass is 9.83. The standard InChI is InChI=1S/C29H35N3O5/c1-17-8-13-23-24(31(17)29(35)37-4)14-15-25-26(23)30-28(27(34)19-9-11-22(36-3)12-10-19)32(25)21-7-5-6-20(16-21)18(2)33/h9-12,14-15,17,20-21,27,34H,5-8,13,16H2,1-4H3/t17-,20+,21+,27-/m0/s1. The van der Waals surface area contributed by atoms with Crippen molar-refractivity contribution in [2.75, 3.05) is 19.1 Å². The van der Waals surface area contributed by atoms with Gasteiger partial charge in [-0.05, 0) is 75.8 Å². The van der Waals surface area contributed by atoms with E-state index in [1.165, 1.54) is 7.11 Å². The minimum absolute atomic E-state index is 0.00970. The third-order valence-corrected chi connectivity index (χ3v) is 8.12. The second-order valence-corrected chi connectivity index (χ2v) is 10.3. The summed E-state index contributed by atoms with van der Waals surface area (Å²) in [5, 5.41) is 11.6. The van der Waals surface area contributed by atoms with Crippen molar-refractivity contribution in [3.05, 3.63) is 53.3 Å². The second-order valence-electron chi connectivity index (χ2n) is 10.3. The van der Waals surface area contributed by atoms with Crippen molar-refractivity contribution in [2.24, 2.45) is 5.92 Å². The molecule has 37 heavy (non-hydrogen) atoms. The molecular formula is C29H35N3O5. The van der Waals surface area contributed by atoms with Gasteiger partial charge in [-0.1, -0.05) is 18.6 Å². The zero-order valence-electron chi connectivity index (χ0n) is 21.9. The van der Waals surface area contributed by atoms with Gasteiger partial charge in [-0.2, -0.15) is 0 Å². The number of hydrogen-bond donors (Lipinski definition) is 1. The molecule has 196 valence electrons. The van der Waals surface area contributed by atoms with Crippen LogP contribution in [-0.2, 0) is 16.0 Å². The molecule has 1 aromatic heterocycles. The average molecular weight is 506 g/mol. The summed E-state index contributed by atoms with van der Waals surface area (Å²) in [5.74, 6) is 1.50. The number of amides is 1. The minimum Gasteiger partial charge on any atom is -0.497 e. The lowest BCUT2D eigenvalue weighted by Gasteiger charge is -2.34. The second kappa shape index (κ2) is 10.2. The maximum absolute atomic E-state index is 12.6. The summed E-state index contributed by atoms with van der Waals surface area (Å²) in [6.45, 7) is 3.69. The van der Waals surface area contributed by atoms with Gasteiger partial charge < -0.3 is 19.1 Å². The van der Waals surface area contributed by atoms with Crippen LogP contribution in [0.15, 0.2) is 36.4 Å². The van der Waals surface area contributed by atoms with Gasteiger partial charge in [0.15, 0.2) is 0 Å².